The third-order valence-electron chi connectivity index (χ3n) is 3.24. The zero-order valence-electron chi connectivity index (χ0n) is 9.49. The second-order valence-corrected chi connectivity index (χ2v) is 4.45. The highest BCUT2D eigenvalue weighted by molar-refractivity contribution is 5.78. The quantitative estimate of drug-likeness (QED) is 0.818. The predicted molar refractivity (Wildman–Crippen MR) is 64.3 cm³/mol. The monoisotopic (exact) mass is 231 g/mol. The minimum Gasteiger partial charge on any atom is -0.316 e. The first-order chi connectivity index (χ1) is 8.34. The lowest BCUT2D eigenvalue weighted by molar-refractivity contribution is 0.447. The largest absolute Gasteiger partial charge is 0.316 e. The van der Waals surface area contributed by atoms with E-state index in [1.807, 2.05) is 6.07 Å². The SMILES string of the molecule is Fc1cccc2cnc(C3CCCNC3)nc12. The van der Waals surface area contributed by atoms with Gasteiger partial charge in [0.15, 0.2) is 0 Å². The number of nitrogens with zero attached hydrogens (tertiary/aromatic N) is 2. The van der Waals surface area contributed by atoms with Crippen molar-refractivity contribution in [2.24, 2.45) is 0 Å². The molecule has 1 aliphatic heterocycles. The molecule has 0 saturated carbocycles. The third kappa shape index (κ3) is 2.00. The van der Waals surface area contributed by atoms with Crippen LogP contribution in [0, 0.1) is 5.82 Å². The summed E-state index contributed by atoms with van der Waals surface area (Å²) in [6.07, 6.45) is 3.92. The molecular formula is C13H14FN3. The topological polar surface area (TPSA) is 37.8 Å². The van der Waals surface area contributed by atoms with Gasteiger partial charge in [-0.3, -0.25) is 0 Å². The fraction of sp³-hybridized carbons (Fsp3) is 0.385. The van der Waals surface area contributed by atoms with Gasteiger partial charge in [0.05, 0.1) is 0 Å². The molecule has 1 saturated heterocycles. The molecule has 1 N–H and O–H groups in total. The molecule has 0 bridgehead atoms. The van der Waals surface area contributed by atoms with Crippen LogP contribution in [0.15, 0.2) is 24.4 Å². The summed E-state index contributed by atoms with van der Waals surface area (Å²) in [7, 11) is 0. The van der Waals surface area contributed by atoms with E-state index in [0.717, 1.165) is 37.1 Å². The molecule has 2 aromatic rings. The van der Waals surface area contributed by atoms with E-state index in [-0.39, 0.29) is 5.82 Å². The van der Waals surface area contributed by atoms with E-state index in [4.69, 9.17) is 0 Å². The maximum Gasteiger partial charge on any atom is 0.149 e. The van der Waals surface area contributed by atoms with Crippen molar-refractivity contribution in [3.8, 4) is 0 Å². The molecule has 88 valence electrons. The minimum atomic E-state index is -0.269. The molecular weight excluding hydrogens is 217 g/mol. The van der Waals surface area contributed by atoms with Crippen molar-refractivity contribution in [3.63, 3.8) is 0 Å². The van der Waals surface area contributed by atoms with E-state index in [0.29, 0.717) is 11.4 Å². The molecule has 0 amide bonds. The smallest absolute Gasteiger partial charge is 0.149 e. The Morgan fingerprint density at radius 2 is 2.29 bits per heavy atom. The van der Waals surface area contributed by atoms with E-state index >= 15 is 0 Å². The number of hydrogen-bond donors (Lipinski definition) is 1. The van der Waals surface area contributed by atoms with Crippen molar-refractivity contribution in [2.75, 3.05) is 13.1 Å². The fourth-order valence-electron chi connectivity index (χ4n) is 2.30. The van der Waals surface area contributed by atoms with Crippen LogP contribution in [0.5, 0.6) is 0 Å². The van der Waals surface area contributed by atoms with Gasteiger partial charge in [-0.05, 0) is 25.5 Å². The molecule has 0 aliphatic carbocycles. The maximum absolute atomic E-state index is 13.6. The number of para-hydroxylation sites is 1. The molecule has 0 spiro atoms. The Kier molecular flexibility index (Phi) is 2.73. The van der Waals surface area contributed by atoms with Gasteiger partial charge < -0.3 is 5.32 Å². The van der Waals surface area contributed by atoms with Gasteiger partial charge in [0, 0.05) is 24.0 Å². The average molecular weight is 231 g/mol. The van der Waals surface area contributed by atoms with Crippen molar-refractivity contribution >= 4 is 10.9 Å². The summed E-state index contributed by atoms with van der Waals surface area (Å²) in [6, 6.07) is 4.96. The van der Waals surface area contributed by atoms with Gasteiger partial charge in [-0.15, -0.1) is 0 Å². The molecule has 4 heteroatoms. The number of piperidine rings is 1. The molecule has 3 nitrogen and oxygen atoms in total. The van der Waals surface area contributed by atoms with Crippen LogP contribution < -0.4 is 5.32 Å². The second-order valence-electron chi connectivity index (χ2n) is 4.45. The number of rotatable bonds is 1. The predicted octanol–water partition coefficient (Wildman–Crippen LogP) is 2.24. The summed E-state index contributed by atoms with van der Waals surface area (Å²) < 4.78 is 13.6. The fourth-order valence-corrected chi connectivity index (χ4v) is 2.30. The Hall–Kier alpha value is -1.55. The van der Waals surface area contributed by atoms with Gasteiger partial charge >= 0.3 is 0 Å². The maximum atomic E-state index is 13.6. The van der Waals surface area contributed by atoms with Gasteiger partial charge in [-0.1, -0.05) is 12.1 Å². The average Bonchev–Trinajstić information content (AvgIpc) is 2.40. The van der Waals surface area contributed by atoms with Crippen LogP contribution in [0.1, 0.15) is 24.6 Å². The second kappa shape index (κ2) is 4.37. The van der Waals surface area contributed by atoms with Gasteiger partial charge in [0.2, 0.25) is 0 Å². The summed E-state index contributed by atoms with van der Waals surface area (Å²) in [5, 5.41) is 4.08. The van der Waals surface area contributed by atoms with Crippen LogP contribution in [-0.2, 0) is 0 Å². The first-order valence-electron chi connectivity index (χ1n) is 5.96. The standard InChI is InChI=1S/C13H14FN3/c14-11-5-1-3-9-8-16-13(17-12(9)11)10-4-2-6-15-7-10/h1,3,5,8,10,15H,2,4,6-7H2. The summed E-state index contributed by atoms with van der Waals surface area (Å²) in [5.74, 6) is 0.803. The Labute approximate surface area is 99.1 Å². The molecule has 1 aromatic carbocycles. The van der Waals surface area contributed by atoms with Gasteiger partial charge in [-0.25, -0.2) is 14.4 Å². The lowest BCUT2D eigenvalue weighted by atomic mass is 9.99. The van der Waals surface area contributed by atoms with Crippen LogP contribution >= 0.6 is 0 Å². The lowest BCUT2D eigenvalue weighted by Crippen LogP contribution is -2.29. The molecule has 2 heterocycles. The Morgan fingerprint density at radius 1 is 1.35 bits per heavy atom. The third-order valence-corrected chi connectivity index (χ3v) is 3.24. The van der Waals surface area contributed by atoms with Gasteiger partial charge in [0.25, 0.3) is 0 Å². The van der Waals surface area contributed by atoms with E-state index in [2.05, 4.69) is 15.3 Å². The van der Waals surface area contributed by atoms with E-state index in [1.165, 1.54) is 6.07 Å². The van der Waals surface area contributed by atoms with Crippen molar-refractivity contribution in [1.29, 1.82) is 0 Å². The highest BCUT2D eigenvalue weighted by Crippen LogP contribution is 2.22. The van der Waals surface area contributed by atoms with E-state index in [1.54, 1.807) is 12.3 Å². The molecule has 1 unspecified atom stereocenters. The first-order valence-corrected chi connectivity index (χ1v) is 5.96. The summed E-state index contributed by atoms with van der Waals surface area (Å²) in [5.41, 5.74) is 0.433. The number of benzene rings is 1. The highest BCUT2D eigenvalue weighted by atomic mass is 19.1. The number of fused-ring (bicyclic) bond motifs is 1. The van der Waals surface area contributed by atoms with Gasteiger partial charge in [0.1, 0.15) is 17.2 Å². The van der Waals surface area contributed by atoms with Crippen molar-refractivity contribution in [3.05, 3.63) is 36.0 Å². The zero-order valence-corrected chi connectivity index (χ0v) is 9.49. The minimum absolute atomic E-state index is 0.269. The van der Waals surface area contributed by atoms with Crippen LogP contribution in [0.2, 0.25) is 0 Å². The molecule has 1 aliphatic rings. The van der Waals surface area contributed by atoms with Crippen molar-refractivity contribution in [2.45, 2.75) is 18.8 Å². The Morgan fingerprint density at radius 3 is 3.12 bits per heavy atom. The van der Waals surface area contributed by atoms with Crippen LogP contribution in [0.25, 0.3) is 10.9 Å². The number of hydrogen-bond acceptors (Lipinski definition) is 3. The Balaban J connectivity index is 2.03. The van der Waals surface area contributed by atoms with Gasteiger partial charge in [-0.2, -0.15) is 0 Å². The van der Waals surface area contributed by atoms with E-state index < -0.39 is 0 Å². The van der Waals surface area contributed by atoms with Crippen LogP contribution in [0.3, 0.4) is 0 Å². The molecule has 3 rings (SSSR count). The van der Waals surface area contributed by atoms with Crippen molar-refractivity contribution in [1.82, 2.24) is 15.3 Å². The Bertz CT molecular complexity index is 535. The zero-order chi connectivity index (χ0) is 11.7. The number of halogens is 1. The molecule has 0 radical (unpaired) electrons. The molecule has 1 fully saturated rings. The number of aromatic nitrogens is 2. The summed E-state index contributed by atoms with van der Waals surface area (Å²) in [6.45, 7) is 1.94. The van der Waals surface area contributed by atoms with Crippen molar-refractivity contribution < 1.29 is 4.39 Å². The normalized spacial score (nSPS) is 20.6. The molecule has 1 atom stereocenters. The summed E-state index contributed by atoms with van der Waals surface area (Å²) >= 11 is 0. The van der Waals surface area contributed by atoms with Crippen LogP contribution in [-0.4, -0.2) is 23.1 Å². The first kappa shape index (κ1) is 10.6. The van der Waals surface area contributed by atoms with E-state index in [9.17, 15) is 4.39 Å². The molecule has 1 aromatic heterocycles. The lowest BCUT2D eigenvalue weighted by Gasteiger charge is -2.21. The summed E-state index contributed by atoms with van der Waals surface area (Å²) in [4.78, 5) is 8.73. The highest BCUT2D eigenvalue weighted by Gasteiger charge is 2.18. The molecule has 17 heavy (non-hydrogen) atoms. The van der Waals surface area contributed by atoms with Crippen LogP contribution in [0.4, 0.5) is 4.39 Å². The number of nitrogens with one attached hydrogen (secondary N) is 1.